The summed E-state index contributed by atoms with van der Waals surface area (Å²) >= 11 is 0. The van der Waals surface area contributed by atoms with Crippen LogP contribution in [-0.4, -0.2) is 23.3 Å². The first-order valence-corrected chi connectivity index (χ1v) is 9.14. The molecule has 26 heavy (non-hydrogen) atoms. The molecule has 1 saturated carbocycles. The summed E-state index contributed by atoms with van der Waals surface area (Å²) < 4.78 is 0. The Bertz CT molecular complexity index is 671. The molecule has 142 valence electrons. The molecule has 0 saturated heterocycles. The van der Waals surface area contributed by atoms with Gasteiger partial charge in [-0.25, -0.2) is 0 Å². The number of carbonyl (C=O) groups is 3. The monoisotopic (exact) mass is 359 g/mol. The van der Waals surface area contributed by atoms with Crippen molar-refractivity contribution >= 4 is 29.1 Å². The summed E-state index contributed by atoms with van der Waals surface area (Å²) in [5.74, 6) is -0.196. The molecule has 0 radical (unpaired) electrons. The number of amides is 3. The van der Waals surface area contributed by atoms with Crippen molar-refractivity contribution in [3.63, 3.8) is 0 Å². The number of nitrogens with one attached hydrogen (secondary N) is 3. The summed E-state index contributed by atoms with van der Waals surface area (Å²) in [5.41, 5.74) is 1.08. The molecular weight excluding hydrogens is 330 g/mol. The number of anilines is 2. The van der Waals surface area contributed by atoms with E-state index in [0.717, 1.165) is 12.8 Å². The maximum atomic E-state index is 12.5. The third-order valence-electron chi connectivity index (χ3n) is 4.42. The molecule has 6 nitrogen and oxygen atoms in total. The zero-order valence-electron chi connectivity index (χ0n) is 16.0. The minimum absolute atomic E-state index is 0.0126. The molecule has 6 heteroatoms. The van der Waals surface area contributed by atoms with Gasteiger partial charge in [0.25, 0.3) is 0 Å². The van der Waals surface area contributed by atoms with Crippen molar-refractivity contribution in [2.75, 3.05) is 10.6 Å². The Balaban J connectivity index is 1.87. The van der Waals surface area contributed by atoms with Crippen LogP contribution in [0.1, 0.15) is 53.4 Å². The van der Waals surface area contributed by atoms with Crippen molar-refractivity contribution in [2.24, 2.45) is 11.8 Å². The fraction of sp³-hybridized carbons (Fsp3) is 0.550. The van der Waals surface area contributed by atoms with E-state index >= 15 is 0 Å². The summed E-state index contributed by atoms with van der Waals surface area (Å²) in [5, 5.41) is 8.64. The topological polar surface area (TPSA) is 87.3 Å². The Hall–Kier alpha value is -2.37. The summed E-state index contributed by atoms with van der Waals surface area (Å²) in [6, 6.07) is 7.10. The minimum atomic E-state index is -0.232. The van der Waals surface area contributed by atoms with Crippen molar-refractivity contribution in [2.45, 2.75) is 58.9 Å². The van der Waals surface area contributed by atoms with Gasteiger partial charge in [-0.1, -0.05) is 6.07 Å². The fourth-order valence-electron chi connectivity index (χ4n) is 3.21. The molecule has 0 aromatic heterocycles. The van der Waals surface area contributed by atoms with Crippen LogP contribution in [0, 0.1) is 11.8 Å². The maximum Gasteiger partial charge on any atom is 0.227 e. The minimum Gasteiger partial charge on any atom is -0.351 e. The van der Waals surface area contributed by atoms with E-state index in [1.165, 1.54) is 6.92 Å². The highest BCUT2D eigenvalue weighted by molar-refractivity contribution is 5.94. The lowest BCUT2D eigenvalue weighted by Gasteiger charge is -2.30. The van der Waals surface area contributed by atoms with E-state index in [1.54, 1.807) is 24.3 Å². The molecule has 0 atom stereocenters. The highest BCUT2D eigenvalue weighted by atomic mass is 16.2. The molecule has 1 aliphatic carbocycles. The Morgan fingerprint density at radius 1 is 0.885 bits per heavy atom. The predicted molar refractivity (Wildman–Crippen MR) is 103 cm³/mol. The van der Waals surface area contributed by atoms with Crippen molar-refractivity contribution in [1.29, 1.82) is 0 Å². The first-order chi connectivity index (χ1) is 12.1. The lowest BCUT2D eigenvalue weighted by Crippen LogP contribution is -2.45. The van der Waals surface area contributed by atoms with Gasteiger partial charge in [0, 0.05) is 35.7 Å². The summed E-state index contributed by atoms with van der Waals surface area (Å²) in [4.78, 5) is 35.9. The molecule has 0 spiro atoms. The number of carbonyl (C=O) groups excluding carboxylic acids is 3. The quantitative estimate of drug-likeness (QED) is 0.771. The van der Waals surface area contributed by atoms with Gasteiger partial charge in [0.2, 0.25) is 17.7 Å². The zero-order valence-corrected chi connectivity index (χ0v) is 16.0. The highest BCUT2D eigenvalue weighted by Gasteiger charge is 2.31. The molecule has 1 aromatic rings. The lowest BCUT2D eigenvalue weighted by molar-refractivity contribution is -0.129. The Morgan fingerprint density at radius 3 is 1.88 bits per heavy atom. The van der Waals surface area contributed by atoms with E-state index < -0.39 is 0 Å². The average molecular weight is 359 g/mol. The second-order valence-corrected chi connectivity index (χ2v) is 8.04. The fourth-order valence-corrected chi connectivity index (χ4v) is 3.21. The summed E-state index contributed by atoms with van der Waals surface area (Å²) in [6.07, 6.45) is 2.87. The van der Waals surface area contributed by atoms with Gasteiger partial charge in [0.1, 0.15) is 0 Å². The van der Waals surface area contributed by atoms with E-state index in [-0.39, 0.29) is 35.1 Å². The third kappa shape index (κ3) is 6.17. The Kier molecular flexibility index (Phi) is 6.40. The molecule has 0 unspecified atom stereocenters. The van der Waals surface area contributed by atoms with E-state index in [0.29, 0.717) is 24.2 Å². The van der Waals surface area contributed by atoms with Crippen LogP contribution < -0.4 is 16.0 Å². The molecule has 1 aromatic carbocycles. The molecular formula is C20H29N3O3. The third-order valence-corrected chi connectivity index (χ3v) is 4.42. The Labute approximate surface area is 155 Å². The molecule has 2 rings (SSSR count). The van der Waals surface area contributed by atoms with Crippen LogP contribution in [0.2, 0.25) is 0 Å². The molecule has 0 heterocycles. The first kappa shape index (κ1) is 19.9. The smallest absolute Gasteiger partial charge is 0.227 e. The first-order valence-electron chi connectivity index (χ1n) is 9.14. The van der Waals surface area contributed by atoms with Crippen molar-refractivity contribution < 1.29 is 14.4 Å². The molecule has 3 amide bonds. The van der Waals surface area contributed by atoms with Crippen molar-refractivity contribution in [1.82, 2.24) is 5.32 Å². The van der Waals surface area contributed by atoms with Crippen LogP contribution in [0.3, 0.4) is 0 Å². The van der Waals surface area contributed by atoms with E-state index in [2.05, 4.69) is 16.0 Å². The SMILES string of the molecule is CC(=O)Nc1cccc(NC(=O)C2CCC(C(=O)NC(C)(C)C)CC2)c1. The van der Waals surface area contributed by atoms with Crippen LogP contribution in [0.15, 0.2) is 24.3 Å². The standard InChI is InChI=1S/C20H29N3O3/c1-13(24)21-16-6-5-7-17(12-16)22-18(25)14-8-10-15(11-9-14)19(26)23-20(2,3)4/h5-7,12,14-15H,8-11H2,1-4H3,(H,21,24)(H,22,25)(H,23,26). The summed E-state index contributed by atoms with van der Waals surface area (Å²) in [6.45, 7) is 7.36. The largest absolute Gasteiger partial charge is 0.351 e. The van der Waals surface area contributed by atoms with Crippen molar-refractivity contribution in [3.8, 4) is 0 Å². The van der Waals surface area contributed by atoms with Gasteiger partial charge in [-0.05, 0) is 64.7 Å². The van der Waals surface area contributed by atoms with Gasteiger partial charge in [0.05, 0.1) is 0 Å². The van der Waals surface area contributed by atoms with E-state index in [4.69, 9.17) is 0 Å². The van der Waals surface area contributed by atoms with E-state index in [1.807, 2.05) is 20.8 Å². The van der Waals surface area contributed by atoms with Gasteiger partial charge in [-0.15, -0.1) is 0 Å². The van der Waals surface area contributed by atoms with Gasteiger partial charge in [0.15, 0.2) is 0 Å². The lowest BCUT2D eigenvalue weighted by atomic mass is 9.81. The van der Waals surface area contributed by atoms with Crippen LogP contribution in [-0.2, 0) is 14.4 Å². The maximum absolute atomic E-state index is 12.5. The van der Waals surface area contributed by atoms with Crippen LogP contribution in [0.5, 0.6) is 0 Å². The molecule has 0 bridgehead atoms. The van der Waals surface area contributed by atoms with Crippen molar-refractivity contribution in [3.05, 3.63) is 24.3 Å². The number of rotatable bonds is 4. The summed E-state index contributed by atoms with van der Waals surface area (Å²) in [7, 11) is 0. The number of hydrogen-bond donors (Lipinski definition) is 3. The van der Waals surface area contributed by atoms with Crippen LogP contribution >= 0.6 is 0 Å². The van der Waals surface area contributed by atoms with Gasteiger partial charge >= 0.3 is 0 Å². The Morgan fingerprint density at radius 2 is 1.38 bits per heavy atom. The number of hydrogen-bond acceptors (Lipinski definition) is 3. The predicted octanol–water partition coefficient (Wildman–Crippen LogP) is 3.30. The van der Waals surface area contributed by atoms with Crippen LogP contribution in [0.4, 0.5) is 11.4 Å². The zero-order chi connectivity index (χ0) is 19.3. The second kappa shape index (κ2) is 8.34. The molecule has 3 N–H and O–H groups in total. The van der Waals surface area contributed by atoms with Crippen LogP contribution in [0.25, 0.3) is 0 Å². The highest BCUT2D eigenvalue weighted by Crippen LogP contribution is 2.30. The second-order valence-electron chi connectivity index (χ2n) is 8.04. The average Bonchev–Trinajstić information content (AvgIpc) is 2.53. The van der Waals surface area contributed by atoms with Gasteiger partial charge in [-0.3, -0.25) is 14.4 Å². The number of benzene rings is 1. The van der Waals surface area contributed by atoms with Gasteiger partial charge in [-0.2, -0.15) is 0 Å². The normalized spacial score (nSPS) is 20.2. The van der Waals surface area contributed by atoms with Gasteiger partial charge < -0.3 is 16.0 Å². The molecule has 1 fully saturated rings. The molecule has 1 aliphatic rings. The van der Waals surface area contributed by atoms with E-state index in [9.17, 15) is 14.4 Å². The molecule has 0 aliphatic heterocycles.